The molecule has 1 aromatic carbocycles. The minimum atomic E-state index is -0.938. The van der Waals surface area contributed by atoms with Gasteiger partial charge in [0.15, 0.2) is 5.58 Å². The zero-order valence-electron chi connectivity index (χ0n) is 9.05. The van der Waals surface area contributed by atoms with Crippen LogP contribution in [0, 0.1) is 0 Å². The van der Waals surface area contributed by atoms with Crippen LogP contribution < -0.4 is 0 Å². The second-order valence-corrected chi connectivity index (χ2v) is 5.35. The topological polar surface area (TPSA) is 63.3 Å². The van der Waals surface area contributed by atoms with Gasteiger partial charge in [-0.15, -0.1) is 11.8 Å². The molecular formula is C12H11NO3S. The zero-order chi connectivity index (χ0) is 11.8. The van der Waals surface area contributed by atoms with Gasteiger partial charge in [0.2, 0.25) is 5.89 Å². The predicted octanol–water partition coefficient (Wildman–Crippen LogP) is 3.09. The lowest BCUT2D eigenvalue weighted by Gasteiger charge is -1.99. The van der Waals surface area contributed by atoms with Crippen molar-refractivity contribution in [3.8, 4) is 0 Å². The Balaban J connectivity index is 2.03. The van der Waals surface area contributed by atoms with E-state index in [1.807, 2.05) is 11.8 Å². The molecule has 1 N–H and O–H groups in total. The third kappa shape index (κ3) is 1.91. The highest BCUT2D eigenvalue weighted by molar-refractivity contribution is 7.99. The second-order valence-electron chi connectivity index (χ2n) is 4.04. The highest BCUT2D eigenvalue weighted by atomic mass is 32.2. The summed E-state index contributed by atoms with van der Waals surface area (Å²) in [5.41, 5.74) is 1.54. The number of aromatic carboxylic acids is 1. The Hall–Kier alpha value is -1.49. The van der Waals surface area contributed by atoms with Crippen molar-refractivity contribution in [1.82, 2.24) is 4.98 Å². The van der Waals surface area contributed by atoms with E-state index in [0.29, 0.717) is 16.3 Å². The van der Waals surface area contributed by atoms with Crippen LogP contribution in [0.5, 0.6) is 0 Å². The van der Waals surface area contributed by atoms with E-state index >= 15 is 0 Å². The Morgan fingerprint density at radius 1 is 1.53 bits per heavy atom. The average Bonchev–Trinajstić information content (AvgIpc) is 2.96. The van der Waals surface area contributed by atoms with Gasteiger partial charge in [-0.2, -0.15) is 0 Å². The van der Waals surface area contributed by atoms with Crippen LogP contribution in [0.15, 0.2) is 22.6 Å². The van der Waals surface area contributed by atoms with Gasteiger partial charge in [0.1, 0.15) is 5.52 Å². The maximum atomic E-state index is 10.8. The van der Waals surface area contributed by atoms with Crippen molar-refractivity contribution in [3.05, 3.63) is 29.7 Å². The largest absolute Gasteiger partial charge is 0.478 e. The summed E-state index contributed by atoms with van der Waals surface area (Å²) in [5, 5.41) is 9.23. The number of thioether (sulfide) groups is 1. The monoisotopic (exact) mass is 249 g/mol. The van der Waals surface area contributed by atoms with E-state index in [1.54, 1.807) is 18.2 Å². The molecule has 0 spiro atoms. The SMILES string of the molecule is O=C(O)c1ccc2oc(C3CCCS3)nc2c1. The Morgan fingerprint density at radius 3 is 3.12 bits per heavy atom. The molecule has 0 aliphatic carbocycles. The summed E-state index contributed by atoms with van der Waals surface area (Å²) in [5.74, 6) is 0.931. The highest BCUT2D eigenvalue weighted by Crippen LogP contribution is 2.40. The Morgan fingerprint density at radius 2 is 2.41 bits per heavy atom. The van der Waals surface area contributed by atoms with Gasteiger partial charge in [0.05, 0.1) is 10.8 Å². The van der Waals surface area contributed by atoms with Gasteiger partial charge in [-0.25, -0.2) is 9.78 Å². The first-order chi connectivity index (χ1) is 8.24. The highest BCUT2D eigenvalue weighted by Gasteiger charge is 2.23. The van der Waals surface area contributed by atoms with E-state index in [1.165, 1.54) is 6.42 Å². The van der Waals surface area contributed by atoms with Crippen molar-refractivity contribution < 1.29 is 14.3 Å². The van der Waals surface area contributed by atoms with Gasteiger partial charge in [-0.3, -0.25) is 0 Å². The summed E-state index contributed by atoms with van der Waals surface area (Å²) < 4.78 is 5.66. The number of carboxylic acids is 1. The molecule has 4 nitrogen and oxygen atoms in total. The third-order valence-electron chi connectivity index (χ3n) is 2.86. The van der Waals surface area contributed by atoms with Crippen LogP contribution in [0.2, 0.25) is 0 Å². The minimum absolute atomic E-state index is 0.247. The van der Waals surface area contributed by atoms with Gasteiger partial charge < -0.3 is 9.52 Å². The number of carbonyl (C=O) groups is 1. The smallest absolute Gasteiger partial charge is 0.335 e. The quantitative estimate of drug-likeness (QED) is 0.886. The Bertz CT molecular complexity index is 572. The van der Waals surface area contributed by atoms with Gasteiger partial charge in [0.25, 0.3) is 0 Å². The van der Waals surface area contributed by atoms with Crippen LogP contribution in [0.1, 0.15) is 34.3 Å². The van der Waals surface area contributed by atoms with Crippen LogP contribution in [-0.2, 0) is 0 Å². The van der Waals surface area contributed by atoms with E-state index in [0.717, 1.165) is 18.1 Å². The molecule has 1 unspecified atom stereocenters. The average molecular weight is 249 g/mol. The van der Waals surface area contributed by atoms with Crippen LogP contribution in [0.25, 0.3) is 11.1 Å². The number of carboxylic acid groups (broad SMARTS) is 1. The molecule has 1 aliphatic heterocycles. The standard InChI is InChI=1S/C12H11NO3S/c14-12(15)7-3-4-9-8(6-7)13-11(16-9)10-2-1-5-17-10/h3-4,6,10H,1-2,5H2,(H,14,15). The number of oxazole rings is 1. The maximum absolute atomic E-state index is 10.8. The van der Waals surface area contributed by atoms with Gasteiger partial charge in [0, 0.05) is 0 Å². The summed E-state index contributed by atoms with van der Waals surface area (Å²) in [4.78, 5) is 15.2. The van der Waals surface area contributed by atoms with Gasteiger partial charge in [-0.05, 0) is 36.8 Å². The van der Waals surface area contributed by atoms with Crippen molar-refractivity contribution in [3.63, 3.8) is 0 Å². The molecule has 0 radical (unpaired) electrons. The number of fused-ring (bicyclic) bond motifs is 1. The zero-order valence-corrected chi connectivity index (χ0v) is 9.87. The van der Waals surface area contributed by atoms with Crippen molar-refractivity contribution in [1.29, 1.82) is 0 Å². The van der Waals surface area contributed by atoms with Crippen molar-refractivity contribution in [2.75, 3.05) is 5.75 Å². The molecule has 5 heteroatoms. The van der Waals surface area contributed by atoms with Crippen LogP contribution in [0.3, 0.4) is 0 Å². The van der Waals surface area contributed by atoms with E-state index in [-0.39, 0.29) is 5.56 Å². The summed E-state index contributed by atoms with van der Waals surface area (Å²) in [6, 6.07) is 4.78. The lowest BCUT2D eigenvalue weighted by atomic mass is 10.2. The fourth-order valence-corrected chi connectivity index (χ4v) is 3.18. The van der Waals surface area contributed by atoms with Crippen molar-refractivity contribution in [2.45, 2.75) is 18.1 Å². The normalized spacial score (nSPS) is 19.9. The lowest BCUT2D eigenvalue weighted by molar-refractivity contribution is 0.0697. The van der Waals surface area contributed by atoms with E-state index < -0.39 is 5.97 Å². The van der Waals surface area contributed by atoms with Gasteiger partial charge >= 0.3 is 5.97 Å². The molecule has 1 aromatic heterocycles. The molecule has 1 fully saturated rings. The molecule has 17 heavy (non-hydrogen) atoms. The summed E-state index contributed by atoms with van der Waals surface area (Å²) >= 11 is 1.85. The maximum Gasteiger partial charge on any atom is 0.335 e. The predicted molar refractivity (Wildman–Crippen MR) is 65.4 cm³/mol. The Labute approximate surface area is 102 Å². The molecule has 0 bridgehead atoms. The molecule has 1 atom stereocenters. The number of benzene rings is 1. The van der Waals surface area contributed by atoms with E-state index in [2.05, 4.69) is 4.98 Å². The van der Waals surface area contributed by atoms with E-state index in [4.69, 9.17) is 9.52 Å². The fraction of sp³-hybridized carbons (Fsp3) is 0.333. The Kier molecular flexibility index (Phi) is 2.55. The molecule has 1 aliphatic rings. The van der Waals surface area contributed by atoms with Gasteiger partial charge in [-0.1, -0.05) is 0 Å². The fourth-order valence-electron chi connectivity index (χ4n) is 1.99. The molecule has 0 saturated carbocycles. The number of nitrogens with zero attached hydrogens (tertiary/aromatic N) is 1. The molecule has 1 saturated heterocycles. The van der Waals surface area contributed by atoms with Crippen LogP contribution in [0.4, 0.5) is 0 Å². The van der Waals surface area contributed by atoms with E-state index in [9.17, 15) is 4.79 Å². The molecule has 0 amide bonds. The third-order valence-corrected chi connectivity index (χ3v) is 4.22. The van der Waals surface area contributed by atoms with Crippen molar-refractivity contribution in [2.24, 2.45) is 0 Å². The summed E-state index contributed by atoms with van der Waals surface area (Å²) in [6.07, 6.45) is 2.28. The summed E-state index contributed by atoms with van der Waals surface area (Å²) in [6.45, 7) is 0. The molecule has 2 aromatic rings. The first-order valence-corrected chi connectivity index (χ1v) is 6.54. The second kappa shape index (κ2) is 4.07. The molecular weight excluding hydrogens is 238 g/mol. The summed E-state index contributed by atoms with van der Waals surface area (Å²) in [7, 11) is 0. The minimum Gasteiger partial charge on any atom is -0.478 e. The number of hydrogen-bond acceptors (Lipinski definition) is 4. The molecule has 88 valence electrons. The molecule has 3 rings (SSSR count). The molecule has 2 heterocycles. The lowest BCUT2D eigenvalue weighted by Crippen LogP contribution is -1.94. The number of hydrogen-bond donors (Lipinski definition) is 1. The first-order valence-electron chi connectivity index (χ1n) is 5.49. The first kappa shape index (κ1) is 10.7. The number of rotatable bonds is 2. The number of aromatic nitrogens is 1. The van der Waals surface area contributed by atoms with Crippen molar-refractivity contribution >= 4 is 28.8 Å². The van der Waals surface area contributed by atoms with Crippen LogP contribution >= 0.6 is 11.8 Å². The van der Waals surface area contributed by atoms with Crippen LogP contribution in [-0.4, -0.2) is 21.8 Å².